The number of hydrogen-bond acceptors (Lipinski definition) is 3. The van der Waals surface area contributed by atoms with Crippen molar-refractivity contribution in [2.75, 3.05) is 12.3 Å². The molecule has 2 N–H and O–H groups in total. The van der Waals surface area contributed by atoms with E-state index in [1.165, 1.54) is 11.1 Å². The predicted molar refractivity (Wildman–Crippen MR) is 76.8 cm³/mol. The van der Waals surface area contributed by atoms with Crippen molar-refractivity contribution in [3.63, 3.8) is 0 Å². The minimum absolute atomic E-state index is 0.309. The number of aryl methyl sites for hydroxylation is 1. The lowest BCUT2D eigenvalue weighted by atomic mass is 9.97. The standard InChI is InChI=1S/C16H20N2O/c1-11-6-7-16(19-11)12(2)18-9-8-14-13(10-18)4-3-5-15(14)17/h3-7,12H,8-10,17H2,1-2H3. The maximum atomic E-state index is 6.04. The van der Waals surface area contributed by atoms with Gasteiger partial charge >= 0.3 is 0 Å². The third-order valence-electron chi connectivity index (χ3n) is 4.05. The Labute approximate surface area is 114 Å². The smallest absolute Gasteiger partial charge is 0.121 e. The first-order chi connectivity index (χ1) is 9.15. The predicted octanol–water partition coefficient (Wildman–Crippen LogP) is 3.29. The van der Waals surface area contributed by atoms with Gasteiger partial charge < -0.3 is 10.2 Å². The molecule has 1 aliphatic heterocycles. The number of fused-ring (bicyclic) bond motifs is 1. The van der Waals surface area contributed by atoms with Gasteiger partial charge in [-0.05, 0) is 49.6 Å². The van der Waals surface area contributed by atoms with Crippen molar-refractivity contribution in [1.29, 1.82) is 0 Å². The molecule has 0 amide bonds. The molecule has 0 fully saturated rings. The summed E-state index contributed by atoms with van der Waals surface area (Å²) >= 11 is 0. The maximum absolute atomic E-state index is 6.04. The molecule has 1 aliphatic rings. The fourth-order valence-corrected chi connectivity index (χ4v) is 2.85. The van der Waals surface area contributed by atoms with Crippen LogP contribution in [0.25, 0.3) is 0 Å². The van der Waals surface area contributed by atoms with Crippen molar-refractivity contribution >= 4 is 5.69 Å². The van der Waals surface area contributed by atoms with Crippen LogP contribution >= 0.6 is 0 Å². The summed E-state index contributed by atoms with van der Waals surface area (Å²) in [7, 11) is 0. The van der Waals surface area contributed by atoms with Crippen molar-refractivity contribution in [3.8, 4) is 0 Å². The van der Waals surface area contributed by atoms with Crippen LogP contribution in [0.2, 0.25) is 0 Å². The number of rotatable bonds is 2. The molecule has 3 nitrogen and oxygen atoms in total. The molecule has 0 bridgehead atoms. The molecule has 0 aliphatic carbocycles. The van der Waals surface area contributed by atoms with E-state index in [4.69, 9.17) is 10.2 Å². The first-order valence-electron chi connectivity index (χ1n) is 6.82. The van der Waals surface area contributed by atoms with Gasteiger partial charge in [0.05, 0.1) is 6.04 Å². The lowest BCUT2D eigenvalue weighted by Crippen LogP contribution is -2.33. The van der Waals surface area contributed by atoms with E-state index in [9.17, 15) is 0 Å². The van der Waals surface area contributed by atoms with Crippen molar-refractivity contribution in [2.45, 2.75) is 32.9 Å². The Morgan fingerprint density at radius 3 is 2.84 bits per heavy atom. The fraction of sp³-hybridized carbons (Fsp3) is 0.375. The molecule has 0 saturated heterocycles. The van der Waals surface area contributed by atoms with Crippen molar-refractivity contribution in [3.05, 3.63) is 53.0 Å². The second-order valence-electron chi connectivity index (χ2n) is 5.33. The molecule has 1 aromatic carbocycles. The molecular formula is C16H20N2O. The van der Waals surface area contributed by atoms with E-state index >= 15 is 0 Å². The summed E-state index contributed by atoms with van der Waals surface area (Å²) in [6.07, 6.45) is 1.02. The number of hydrogen-bond donors (Lipinski definition) is 1. The highest BCUT2D eigenvalue weighted by atomic mass is 16.3. The second-order valence-corrected chi connectivity index (χ2v) is 5.33. The van der Waals surface area contributed by atoms with Crippen LogP contribution < -0.4 is 5.73 Å². The van der Waals surface area contributed by atoms with Gasteiger partial charge in [-0.3, -0.25) is 4.90 Å². The molecule has 19 heavy (non-hydrogen) atoms. The first kappa shape index (κ1) is 12.3. The lowest BCUT2D eigenvalue weighted by Gasteiger charge is -2.33. The van der Waals surface area contributed by atoms with Crippen LogP contribution in [0.3, 0.4) is 0 Å². The summed E-state index contributed by atoms with van der Waals surface area (Å²) in [6, 6.07) is 10.6. The third kappa shape index (κ3) is 2.26. The van der Waals surface area contributed by atoms with Crippen LogP contribution in [0, 0.1) is 6.92 Å². The minimum atomic E-state index is 0.309. The van der Waals surface area contributed by atoms with Crippen LogP contribution in [-0.4, -0.2) is 11.4 Å². The highest BCUT2D eigenvalue weighted by Crippen LogP contribution is 2.30. The van der Waals surface area contributed by atoms with Gasteiger partial charge in [0.25, 0.3) is 0 Å². The molecule has 2 aromatic rings. The van der Waals surface area contributed by atoms with Gasteiger partial charge in [-0.1, -0.05) is 12.1 Å². The molecule has 0 saturated carbocycles. The number of anilines is 1. The van der Waals surface area contributed by atoms with Gasteiger partial charge in [-0.2, -0.15) is 0 Å². The van der Waals surface area contributed by atoms with E-state index in [2.05, 4.69) is 24.0 Å². The summed E-state index contributed by atoms with van der Waals surface area (Å²) in [5.41, 5.74) is 9.64. The first-order valence-corrected chi connectivity index (χ1v) is 6.82. The SMILES string of the molecule is Cc1ccc(C(C)N2CCc3c(N)cccc3C2)o1. The van der Waals surface area contributed by atoms with Gasteiger partial charge in [0.2, 0.25) is 0 Å². The van der Waals surface area contributed by atoms with Crippen molar-refractivity contribution < 1.29 is 4.42 Å². The topological polar surface area (TPSA) is 42.4 Å². The minimum Gasteiger partial charge on any atom is -0.465 e. The van der Waals surface area contributed by atoms with E-state index in [1.54, 1.807) is 0 Å². The third-order valence-corrected chi connectivity index (χ3v) is 4.05. The number of nitrogen functional groups attached to an aromatic ring is 1. The molecule has 0 radical (unpaired) electrons. The largest absolute Gasteiger partial charge is 0.465 e. The van der Waals surface area contributed by atoms with E-state index in [0.29, 0.717) is 6.04 Å². The number of nitrogens with two attached hydrogens (primary N) is 1. The quantitative estimate of drug-likeness (QED) is 0.838. The summed E-state index contributed by atoms with van der Waals surface area (Å²) in [5.74, 6) is 2.02. The monoisotopic (exact) mass is 256 g/mol. The van der Waals surface area contributed by atoms with Gasteiger partial charge in [0.15, 0.2) is 0 Å². The molecule has 2 heterocycles. The number of furan rings is 1. The summed E-state index contributed by atoms with van der Waals surface area (Å²) in [5, 5.41) is 0. The Hall–Kier alpha value is -1.74. The molecule has 3 rings (SSSR count). The Kier molecular flexibility index (Phi) is 3.07. The zero-order chi connectivity index (χ0) is 13.4. The Balaban J connectivity index is 1.82. The number of nitrogens with zero attached hydrogens (tertiary/aromatic N) is 1. The lowest BCUT2D eigenvalue weighted by molar-refractivity contribution is 0.170. The van der Waals surface area contributed by atoms with Crippen molar-refractivity contribution in [1.82, 2.24) is 4.90 Å². The number of benzene rings is 1. The summed E-state index contributed by atoms with van der Waals surface area (Å²) in [6.45, 7) is 6.17. The fourth-order valence-electron chi connectivity index (χ4n) is 2.85. The van der Waals surface area contributed by atoms with E-state index < -0.39 is 0 Å². The van der Waals surface area contributed by atoms with Crippen LogP contribution in [0.5, 0.6) is 0 Å². The second kappa shape index (κ2) is 4.74. The molecule has 0 spiro atoms. The molecular weight excluding hydrogens is 236 g/mol. The molecule has 1 unspecified atom stereocenters. The average molecular weight is 256 g/mol. The molecule has 100 valence electrons. The molecule has 3 heteroatoms. The normalized spacial score (nSPS) is 17.2. The van der Waals surface area contributed by atoms with Crippen molar-refractivity contribution in [2.24, 2.45) is 0 Å². The van der Waals surface area contributed by atoms with E-state index in [0.717, 1.165) is 36.7 Å². The Morgan fingerprint density at radius 1 is 1.26 bits per heavy atom. The van der Waals surface area contributed by atoms with Crippen LogP contribution in [0.4, 0.5) is 5.69 Å². The van der Waals surface area contributed by atoms with Gasteiger partial charge in [0, 0.05) is 18.8 Å². The zero-order valence-corrected chi connectivity index (χ0v) is 11.5. The summed E-state index contributed by atoms with van der Waals surface area (Å²) in [4.78, 5) is 2.44. The van der Waals surface area contributed by atoms with E-state index in [1.807, 2.05) is 25.1 Å². The van der Waals surface area contributed by atoms with Gasteiger partial charge in [-0.15, -0.1) is 0 Å². The van der Waals surface area contributed by atoms with Crippen LogP contribution in [-0.2, 0) is 13.0 Å². The zero-order valence-electron chi connectivity index (χ0n) is 11.5. The van der Waals surface area contributed by atoms with Gasteiger partial charge in [0.1, 0.15) is 11.5 Å². The Morgan fingerprint density at radius 2 is 2.11 bits per heavy atom. The average Bonchev–Trinajstić information content (AvgIpc) is 2.84. The van der Waals surface area contributed by atoms with E-state index in [-0.39, 0.29) is 0 Å². The highest BCUT2D eigenvalue weighted by molar-refractivity contribution is 5.51. The van der Waals surface area contributed by atoms with Crippen LogP contribution in [0.15, 0.2) is 34.7 Å². The molecule has 1 atom stereocenters. The van der Waals surface area contributed by atoms with Crippen LogP contribution in [0.1, 0.15) is 35.6 Å². The summed E-state index contributed by atoms with van der Waals surface area (Å²) < 4.78 is 5.74. The molecule has 1 aromatic heterocycles. The highest BCUT2D eigenvalue weighted by Gasteiger charge is 2.24. The maximum Gasteiger partial charge on any atom is 0.121 e. The Bertz CT molecular complexity index is 588. The van der Waals surface area contributed by atoms with Gasteiger partial charge in [-0.25, -0.2) is 0 Å².